The topological polar surface area (TPSA) is 148 Å². The van der Waals surface area contributed by atoms with Crippen molar-refractivity contribution in [2.75, 3.05) is 28.4 Å². The van der Waals surface area contributed by atoms with Crippen molar-refractivity contribution < 1.29 is 43.0 Å². The highest BCUT2D eigenvalue weighted by atomic mass is 16.6. The first-order valence-corrected chi connectivity index (χ1v) is 6.21. The lowest BCUT2D eigenvalue weighted by molar-refractivity contribution is -0.503. The average Bonchev–Trinajstić information content (AvgIpc) is 3.23. The molecule has 1 saturated carbocycles. The van der Waals surface area contributed by atoms with Gasteiger partial charge >= 0.3 is 23.9 Å². The highest BCUT2D eigenvalue weighted by Crippen LogP contribution is 2.60. The van der Waals surface area contributed by atoms with Gasteiger partial charge in [0.2, 0.25) is 11.5 Å². The standard InChI is InChI=1S/C12H15NO10/c1-20-8(14)5(9(15)21-2)6-7(13(18)19)12(6,10(16)22-3)11(17)23-4/h5-7H,1-4H3. The van der Waals surface area contributed by atoms with Crippen LogP contribution in [0.15, 0.2) is 0 Å². The number of ether oxygens (including phenoxy) is 4. The van der Waals surface area contributed by atoms with Crippen LogP contribution in [-0.2, 0) is 38.1 Å². The van der Waals surface area contributed by atoms with Crippen molar-refractivity contribution in [3.05, 3.63) is 10.1 Å². The molecule has 0 amide bonds. The van der Waals surface area contributed by atoms with Crippen molar-refractivity contribution in [2.24, 2.45) is 17.3 Å². The van der Waals surface area contributed by atoms with Crippen LogP contribution in [0.5, 0.6) is 0 Å². The van der Waals surface area contributed by atoms with Crippen LogP contribution in [0.3, 0.4) is 0 Å². The van der Waals surface area contributed by atoms with Crippen molar-refractivity contribution >= 4 is 23.9 Å². The lowest BCUT2D eigenvalue weighted by Gasteiger charge is -2.14. The molecule has 0 aromatic rings. The van der Waals surface area contributed by atoms with E-state index in [0.29, 0.717) is 0 Å². The maximum absolute atomic E-state index is 12.0. The Morgan fingerprint density at radius 3 is 1.57 bits per heavy atom. The highest BCUT2D eigenvalue weighted by Gasteiger charge is 2.88. The molecule has 0 aromatic heterocycles. The second-order valence-electron chi connectivity index (χ2n) is 4.63. The van der Waals surface area contributed by atoms with Gasteiger partial charge in [0.05, 0.1) is 34.4 Å². The Hall–Kier alpha value is -2.72. The van der Waals surface area contributed by atoms with Gasteiger partial charge in [-0.15, -0.1) is 0 Å². The third-order valence-electron chi connectivity index (χ3n) is 3.77. The molecule has 1 rings (SSSR count). The summed E-state index contributed by atoms with van der Waals surface area (Å²) in [5.74, 6) is -8.41. The van der Waals surface area contributed by atoms with Gasteiger partial charge in [0.25, 0.3) is 0 Å². The second kappa shape index (κ2) is 6.58. The Labute approximate surface area is 130 Å². The molecule has 2 unspecified atom stereocenters. The quantitative estimate of drug-likeness (QED) is 0.186. The van der Waals surface area contributed by atoms with Gasteiger partial charge in [-0.1, -0.05) is 0 Å². The summed E-state index contributed by atoms with van der Waals surface area (Å²) in [4.78, 5) is 58.0. The molecule has 0 aromatic carbocycles. The molecule has 1 fully saturated rings. The average molecular weight is 333 g/mol. The van der Waals surface area contributed by atoms with Gasteiger partial charge < -0.3 is 18.9 Å². The fraction of sp³-hybridized carbons (Fsp3) is 0.667. The molecule has 128 valence electrons. The van der Waals surface area contributed by atoms with Crippen LogP contribution in [-0.4, -0.2) is 63.3 Å². The van der Waals surface area contributed by atoms with E-state index >= 15 is 0 Å². The fourth-order valence-electron chi connectivity index (χ4n) is 2.72. The van der Waals surface area contributed by atoms with Crippen LogP contribution in [0.2, 0.25) is 0 Å². The highest BCUT2D eigenvalue weighted by molar-refractivity contribution is 6.08. The fourth-order valence-corrected chi connectivity index (χ4v) is 2.72. The summed E-state index contributed by atoms with van der Waals surface area (Å²) in [6, 6.07) is -1.88. The van der Waals surface area contributed by atoms with Crippen molar-refractivity contribution in [3.8, 4) is 0 Å². The van der Waals surface area contributed by atoms with E-state index in [2.05, 4.69) is 18.9 Å². The number of esters is 4. The van der Waals surface area contributed by atoms with E-state index < -0.39 is 52.1 Å². The Bertz CT molecular complexity index is 524. The van der Waals surface area contributed by atoms with Crippen molar-refractivity contribution in [3.63, 3.8) is 0 Å². The number of methoxy groups -OCH3 is 4. The first-order valence-electron chi connectivity index (χ1n) is 6.21. The van der Waals surface area contributed by atoms with Crippen LogP contribution in [0.25, 0.3) is 0 Å². The van der Waals surface area contributed by atoms with Crippen LogP contribution in [0.4, 0.5) is 0 Å². The lowest BCUT2D eigenvalue weighted by Crippen LogP contribution is -2.37. The minimum Gasteiger partial charge on any atom is -0.468 e. The number of carbonyl (C=O) groups is 4. The zero-order valence-corrected chi connectivity index (χ0v) is 12.8. The van der Waals surface area contributed by atoms with Gasteiger partial charge in [-0.3, -0.25) is 29.3 Å². The maximum Gasteiger partial charge on any atom is 0.331 e. The molecule has 0 heterocycles. The number of hydrogen-bond donors (Lipinski definition) is 0. The lowest BCUT2D eigenvalue weighted by atomic mass is 9.94. The van der Waals surface area contributed by atoms with Crippen LogP contribution < -0.4 is 0 Å². The molecule has 23 heavy (non-hydrogen) atoms. The van der Waals surface area contributed by atoms with E-state index in [0.717, 1.165) is 28.4 Å². The molecule has 0 bridgehead atoms. The first kappa shape index (κ1) is 18.3. The summed E-state index contributed by atoms with van der Waals surface area (Å²) in [6.07, 6.45) is 0. The Kier molecular flexibility index (Phi) is 5.25. The summed E-state index contributed by atoms with van der Waals surface area (Å²) in [5, 5.41) is 11.2. The zero-order chi connectivity index (χ0) is 17.9. The molecule has 0 saturated heterocycles. The molecule has 11 nitrogen and oxygen atoms in total. The van der Waals surface area contributed by atoms with E-state index in [1.807, 2.05) is 0 Å². The maximum atomic E-state index is 12.0. The molecule has 1 aliphatic rings. The molecule has 1 aliphatic carbocycles. The molecule has 11 heteroatoms. The van der Waals surface area contributed by atoms with E-state index in [1.54, 1.807) is 0 Å². The Balaban J connectivity index is 3.48. The van der Waals surface area contributed by atoms with Gasteiger partial charge in [0, 0.05) is 4.92 Å². The largest absolute Gasteiger partial charge is 0.468 e. The van der Waals surface area contributed by atoms with E-state index in [4.69, 9.17) is 0 Å². The number of hydrogen-bond acceptors (Lipinski definition) is 10. The van der Waals surface area contributed by atoms with E-state index in [9.17, 15) is 29.3 Å². The van der Waals surface area contributed by atoms with Crippen LogP contribution >= 0.6 is 0 Å². The van der Waals surface area contributed by atoms with Gasteiger partial charge in [0.1, 0.15) is 0 Å². The second-order valence-corrected chi connectivity index (χ2v) is 4.63. The number of nitrogens with zero attached hydrogens (tertiary/aromatic N) is 1. The predicted octanol–water partition coefficient (Wildman–Crippen LogP) is -1.44. The smallest absolute Gasteiger partial charge is 0.331 e. The normalized spacial score (nSPS) is 21.1. The van der Waals surface area contributed by atoms with Crippen molar-refractivity contribution in [1.82, 2.24) is 0 Å². The SMILES string of the molecule is COC(=O)C(C(=O)OC)C1C([N+](=O)[O-])C1(C(=O)OC)C(=O)OC. The minimum atomic E-state index is -2.42. The molecular weight excluding hydrogens is 318 g/mol. The summed E-state index contributed by atoms with van der Waals surface area (Å²) in [7, 11) is 3.70. The Morgan fingerprint density at radius 1 is 0.913 bits per heavy atom. The Morgan fingerprint density at radius 2 is 1.30 bits per heavy atom. The van der Waals surface area contributed by atoms with Crippen molar-refractivity contribution in [1.29, 1.82) is 0 Å². The summed E-state index contributed by atoms with van der Waals surface area (Å²) >= 11 is 0. The zero-order valence-electron chi connectivity index (χ0n) is 12.8. The molecular formula is C12H15NO10. The van der Waals surface area contributed by atoms with Crippen LogP contribution in [0, 0.1) is 27.4 Å². The van der Waals surface area contributed by atoms with E-state index in [-0.39, 0.29) is 0 Å². The van der Waals surface area contributed by atoms with Gasteiger partial charge in [0.15, 0.2) is 5.92 Å². The van der Waals surface area contributed by atoms with Gasteiger partial charge in [-0.05, 0) is 0 Å². The molecule has 0 aliphatic heterocycles. The molecule has 0 N–H and O–H groups in total. The number of rotatable bonds is 6. The van der Waals surface area contributed by atoms with Crippen molar-refractivity contribution in [2.45, 2.75) is 6.04 Å². The van der Waals surface area contributed by atoms with Gasteiger partial charge in [-0.2, -0.15) is 0 Å². The predicted molar refractivity (Wildman–Crippen MR) is 68.3 cm³/mol. The number of nitro groups is 1. The van der Waals surface area contributed by atoms with Gasteiger partial charge in [-0.25, -0.2) is 0 Å². The molecule has 0 spiro atoms. The third kappa shape index (κ3) is 2.58. The monoisotopic (exact) mass is 333 g/mol. The summed E-state index contributed by atoms with van der Waals surface area (Å²) in [6.45, 7) is 0. The molecule has 0 radical (unpaired) electrons. The van der Waals surface area contributed by atoms with Crippen LogP contribution in [0.1, 0.15) is 0 Å². The summed E-state index contributed by atoms with van der Waals surface area (Å²) < 4.78 is 17.7. The summed E-state index contributed by atoms with van der Waals surface area (Å²) in [5.41, 5.74) is -2.42. The molecule has 2 atom stereocenters. The number of carbonyl (C=O) groups excluding carboxylic acids is 4. The third-order valence-corrected chi connectivity index (χ3v) is 3.77. The first-order chi connectivity index (χ1) is 10.7. The minimum absolute atomic E-state index is 0.907. The van der Waals surface area contributed by atoms with E-state index in [1.165, 1.54) is 0 Å².